The van der Waals surface area contributed by atoms with Crippen LogP contribution >= 0.6 is 0 Å². The number of likely N-dealkylation sites (N-methyl/N-ethyl adjacent to an activating group) is 1. The highest BCUT2D eigenvalue weighted by atomic mass is 16.3. The normalized spacial score (nSPS) is 12.5. The van der Waals surface area contributed by atoms with Gasteiger partial charge in [-0.1, -0.05) is 6.92 Å². The third-order valence-electron chi connectivity index (χ3n) is 2.40. The van der Waals surface area contributed by atoms with Crippen molar-refractivity contribution in [2.24, 2.45) is 5.73 Å². The molecule has 0 spiro atoms. The van der Waals surface area contributed by atoms with Crippen molar-refractivity contribution in [3.63, 3.8) is 0 Å². The molecule has 0 unspecified atom stereocenters. The molecule has 1 amide bonds. The first-order chi connectivity index (χ1) is 7.19. The first-order valence-corrected chi connectivity index (χ1v) is 5.24. The summed E-state index contributed by atoms with van der Waals surface area (Å²) in [7, 11) is 0. The summed E-state index contributed by atoms with van der Waals surface area (Å²) in [6, 6.07) is 1.46. The standard InChI is InChI=1S/C11H18N2O2/c1-3-10(12)11(14)13(4-2)7-9-5-6-15-8-9/h5-6,8,10H,3-4,7,12H2,1-2H3/t10-/m1/s1. The zero-order valence-corrected chi connectivity index (χ0v) is 9.27. The SMILES string of the molecule is CC[C@@H](N)C(=O)N(CC)Cc1ccoc1. The molecule has 2 N–H and O–H groups in total. The third-order valence-corrected chi connectivity index (χ3v) is 2.40. The van der Waals surface area contributed by atoms with E-state index in [1.165, 1.54) is 0 Å². The molecule has 0 aliphatic rings. The van der Waals surface area contributed by atoms with Gasteiger partial charge >= 0.3 is 0 Å². The van der Waals surface area contributed by atoms with E-state index in [9.17, 15) is 4.79 Å². The van der Waals surface area contributed by atoms with Gasteiger partial charge in [0.25, 0.3) is 0 Å². The van der Waals surface area contributed by atoms with Gasteiger partial charge in [-0.3, -0.25) is 4.79 Å². The number of hydrogen-bond acceptors (Lipinski definition) is 3. The van der Waals surface area contributed by atoms with Crippen LogP contribution in [0.5, 0.6) is 0 Å². The second-order valence-corrected chi connectivity index (χ2v) is 3.50. The van der Waals surface area contributed by atoms with Crippen molar-refractivity contribution in [3.05, 3.63) is 24.2 Å². The summed E-state index contributed by atoms with van der Waals surface area (Å²) in [5.74, 6) is 0.00111. The predicted octanol–water partition coefficient (Wildman–Crippen LogP) is 1.37. The van der Waals surface area contributed by atoms with Crippen molar-refractivity contribution < 1.29 is 9.21 Å². The van der Waals surface area contributed by atoms with Crippen molar-refractivity contribution >= 4 is 5.91 Å². The van der Waals surface area contributed by atoms with Crippen LogP contribution in [0.1, 0.15) is 25.8 Å². The van der Waals surface area contributed by atoms with Crippen molar-refractivity contribution in [2.75, 3.05) is 6.54 Å². The van der Waals surface area contributed by atoms with Crippen molar-refractivity contribution in [1.29, 1.82) is 0 Å². The molecule has 0 radical (unpaired) electrons. The van der Waals surface area contributed by atoms with E-state index in [2.05, 4.69) is 0 Å². The predicted molar refractivity (Wildman–Crippen MR) is 58.1 cm³/mol. The number of carbonyl (C=O) groups excluding carboxylic acids is 1. The number of rotatable bonds is 5. The van der Waals surface area contributed by atoms with E-state index in [-0.39, 0.29) is 5.91 Å². The molecule has 1 heterocycles. The van der Waals surface area contributed by atoms with Crippen LogP contribution in [0.3, 0.4) is 0 Å². The molecule has 1 atom stereocenters. The maximum Gasteiger partial charge on any atom is 0.239 e. The lowest BCUT2D eigenvalue weighted by atomic mass is 10.2. The lowest BCUT2D eigenvalue weighted by molar-refractivity contribution is -0.133. The van der Waals surface area contributed by atoms with Gasteiger partial charge in [-0.25, -0.2) is 0 Å². The van der Waals surface area contributed by atoms with E-state index in [1.807, 2.05) is 19.9 Å². The highest BCUT2D eigenvalue weighted by Gasteiger charge is 2.18. The zero-order valence-electron chi connectivity index (χ0n) is 9.27. The highest BCUT2D eigenvalue weighted by Crippen LogP contribution is 2.07. The molecule has 0 aromatic carbocycles. The second-order valence-electron chi connectivity index (χ2n) is 3.50. The Morgan fingerprint density at radius 3 is 2.80 bits per heavy atom. The quantitative estimate of drug-likeness (QED) is 0.798. The summed E-state index contributed by atoms with van der Waals surface area (Å²) < 4.78 is 4.96. The molecular formula is C11H18N2O2. The summed E-state index contributed by atoms with van der Waals surface area (Å²) >= 11 is 0. The van der Waals surface area contributed by atoms with E-state index in [0.717, 1.165) is 5.56 Å². The maximum atomic E-state index is 11.8. The summed E-state index contributed by atoms with van der Waals surface area (Å²) in [6.07, 6.45) is 3.92. The number of nitrogens with two attached hydrogens (primary N) is 1. The average Bonchev–Trinajstić information content (AvgIpc) is 2.76. The molecule has 0 fully saturated rings. The number of furan rings is 1. The monoisotopic (exact) mass is 210 g/mol. The van der Waals surface area contributed by atoms with Crippen LogP contribution in [0.25, 0.3) is 0 Å². The van der Waals surface area contributed by atoms with Gasteiger partial charge in [0.15, 0.2) is 0 Å². The van der Waals surface area contributed by atoms with E-state index < -0.39 is 6.04 Å². The van der Waals surface area contributed by atoms with Crippen LogP contribution in [0.15, 0.2) is 23.0 Å². The van der Waals surface area contributed by atoms with E-state index in [4.69, 9.17) is 10.2 Å². The molecule has 0 saturated carbocycles. The van der Waals surface area contributed by atoms with E-state index in [0.29, 0.717) is 19.5 Å². The molecule has 1 aromatic heterocycles. The first-order valence-electron chi connectivity index (χ1n) is 5.24. The Kier molecular flexibility index (Phi) is 4.37. The molecule has 0 bridgehead atoms. The maximum absolute atomic E-state index is 11.8. The van der Waals surface area contributed by atoms with Crippen LogP contribution in [0, 0.1) is 0 Å². The van der Waals surface area contributed by atoms with Gasteiger partial charge in [-0.2, -0.15) is 0 Å². The Bertz CT molecular complexity index is 296. The molecule has 84 valence electrons. The first kappa shape index (κ1) is 11.8. The summed E-state index contributed by atoms with van der Waals surface area (Å²) in [5.41, 5.74) is 6.70. The highest BCUT2D eigenvalue weighted by molar-refractivity contribution is 5.81. The topological polar surface area (TPSA) is 59.5 Å². The number of amides is 1. The van der Waals surface area contributed by atoms with Crippen LogP contribution in [0.2, 0.25) is 0 Å². The number of carbonyl (C=O) groups is 1. The zero-order chi connectivity index (χ0) is 11.3. The lowest BCUT2D eigenvalue weighted by Crippen LogP contribution is -2.42. The van der Waals surface area contributed by atoms with Gasteiger partial charge in [-0.05, 0) is 19.4 Å². The fourth-order valence-electron chi connectivity index (χ4n) is 1.36. The Hall–Kier alpha value is -1.29. The van der Waals surface area contributed by atoms with Crippen molar-refractivity contribution in [3.8, 4) is 0 Å². The largest absolute Gasteiger partial charge is 0.472 e. The van der Waals surface area contributed by atoms with Gasteiger partial charge < -0.3 is 15.1 Å². The molecule has 0 saturated heterocycles. The van der Waals surface area contributed by atoms with Crippen LogP contribution < -0.4 is 5.73 Å². The molecule has 1 rings (SSSR count). The number of hydrogen-bond donors (Lipinski definition) is 1. The van der Waals surface area contributed by atoms with Gasteiger partial charge in [0.1, 0.15) is 0 Å². The minimum absolute atomic E-state index is 0.00111. The third kappa shape index (κ3) is 3.09. The Balaban J connectivity index is 2.60. The molecule has 4 heteroatoms. The van der Waals surface area contributed by atoms with Crippen LogP contribution in [0.4, 0.5) is 0 Å². The summed E-state index contributed by atoms with van der Waals surface area (Å²) in [4.78, 5) is 13.5. The molecule has 15 heavy (non-hydrogen) atoms. The fraction of sp³-hybridized carbons (Fsp3) is 0.545. The van der Waals surface area contributed by atoms with Gasteiger partial charge in [0, 0.05) is 18.7 Å². The summed E-state index contributed by atoms with van der Waals surface area (Å²) in [5, 5.41) is 0. The molecule has 4 nitrogen and oxygen atoms in total. The lowest BCUT2D eigenvalue weighted by Gasteiger charge is -2.23. The van der Waals surface area contributed by atoms with Gasteiger partial charge in [0.2, 0.25) is 5.91 Å². The molecule has 0 aliphatic carbocycles. The Morgan fingerprint density at radius 1 is 1.60 bits per heavy atom. The average molecular weight is 210 g/mol. The second kappa shape index (κ2) is 5.56. The van der Waals surface area contributed by atoms with E-state index in [1.54, 1.807) is 17.4 Å². The molecular weight excluding hydrogens is 192 g/mol. The fourth-order valence-corrected chi connectivity index (χ4v) is 1.36. The molecule has 1 aromatic rings. The van der Waals surface area contributed by atoms with E-state index >= 15 is 0 Å². The minimum Gasteiger partial charge on any atom is -0.472 e. The van der Waals surface area contributed by atoms with Gasteiger partial charge in [0.05, 0.1) is 18.6 Å². The minimum atomic E-state index is -0.392. The molecule has 0 aliphatic heterocycles. The smallest absolute Gasteiger partial charge is 0.239 e. The van der Waals surface area contributed by atoms with Gasteiger partial charge in [-0.15, -0.1) is 0 Å². The Morgan fingerprint density at radius 2 is 2.33 bits per heavy atom. The van der Waals surface area contributed by atoms with Crippen molar-refractivity contribution in [1.82, 2.24) is 4.90 Å². The summed E-state index contributed by atoms with van der Waals surface area (Å²) in [6.45, 7) is 5.09. The number of nitrogens with zero attached hydrogens (tertiary/aromatic N) is 1. The Labute approximate surface area is 90.0 Å². The van der Waals surface area contributed by atoms with Crippen molar-refractivity contribution in [2.45, 2.75) is 32.9 Å². The van der Waals surface area contributed by atoms with Crippen LogP contribution in [-0.2, 0) is 11.3 Å². The van der Waals surface area contributed by atoms with Crippen LogP contribution in [-0.4, -0.2) is 23.4 Å².